The molecule has 3 nitrogen and oxygen atoms in total. The SMILES string of the molecule is Cc1cc(NC(=O)OC(C)(C)C)c(Br)s1. The standard InChI is InChI=1S/C10H14BrNO2S/c1-6-5-7(8(11)15-6)12-9(13)14-10(2,3)4/h5H,1-4H3,(H,12,13). The Kier molecular flexibility index (Phi) is 3.78. The van der Waals surface area contributed by atoms with Crippen molar-refractivity contribution in [3.05, 3.63) is 14.7 Å². The second-order valence-corrected chi connectivity index (χ2v) is 6.75. The molecule has 0 aromatic carbocycles. The van der Waals surface area contributed by atoms with Crippen molar-refractivity contribution in [2.45, 2.75) is 33.3 Å². The Bertz CT molecular complexity index is 368. The smallest absolute Gasteiger partial charge is 0.412 e. The Morgan fingerprint density at radius 1 is 1.53 bits per heavy atom. The van der Waals surface area contributed by atoms with Crippen LogP contribution in [0, 0.1) is 6.92 Å². The van der Waals surface area contributed by atoms with Gasteiger partial charge in [-0.15, -0.1) is 11.3 Å². The third-order valence-corrected chi connectivity index (χ3v) is 3.20. The lowest BCUT2D eigenvalue weighted by atomic mass is 10.2. The lowest BCUT2D eigenvalue weighted by molar-refractivity contribution is 0.0636. The summed E-state index contributed by atoms with van der Waals surface area (Å²) in [6, 6.07) is 1.90. The average molecular weight is 292 g/mol. The zero-order valence-corrected chi connectivity index (χ0v) is 11.6. The minimum absolute atomic E-state index is 0.430. The molecule has 0 fully saturated rings. The predicted octanol–water partition coefficient (Wildman–Crippen LogP) is 4.17. The van der Waals surface area contributed by atoms with E-state index in [9.17, 15) is 4.79 Å². The molecular formula is C10H14BrNO2S. The van der Waals surface area contributed by atoms with Crippen molar-refractivity contribution < 1.29 is 9.53 Å². The van der Waals surface area contributed by atoms with Gasteiger partial charge in [0.05, 0.1) is 9.47 Å². The van der Waals surface area contributed by atoms with Crippen LogP contribution < -0.4 is 5.32 Å². The normalized spacial score (nSPS) is 11.3. The highest BCUT2D eigenvalue weighted by Crippen LogP contribution is 2.32. The molecule has 84 valence electrons. The van der Waals surface area contributed by atoms with E-state index in [1.54, 1.807) is 11.3 Å². The van der Waals surface area contributed by atoms with Crippen molar-refractivity contribution in [3.8, 4) is 0 Å². The van der Waals surface area contributed by atoms with Crippen LogP contribution in [0.15, 0.2) is 9.85 Å². The number of hydrogen-bond donors (Lipinski definition) is 1. The number of rotatable bonds is 1. The maximum atomic E-state index is 11.4. The van der Waals surface area contributed by atoms with E-state index >= 15 is 0 Å². The number of hydrogen-bond acceptors (Lipinski definition) is 3. The highest BCUT2D eigenvalue weighted by atomic mass is 79.9. The molecule has 0 bridgehead atoms. The van der Waals surface area contributed by atoms with Crippen LogP contribution >= 0.6 is 27.3 Å². The Labute approximate surface area is 102 Å². The first-order valence-electron chi connectivity index (χ1n) is 4.54. The third-order valence-electron chi connectivity index (χ3n) is 1.45. The number of anilines is 1. The van der Waals surface area contributed by atoms with Gasteiger partial charge in [0.15, 0.2) is 0 Å². The van der Waals surface area contributed by atoms with E-state index in [0.717, 1.165) is 14.4 Å². The fourth-order valence-electron chi connectivity index (χ4n) is 0.985. The fraction of sp³-hybridized carbons (Fsp3) is 0.500. The van der Waals surface area contributed by atoms with Gasteiger partial charge in [0, 0.05) is 4.88 Å². The van der Waals surface area contributed by atoms with Gasteiger partial charge in [0.25, 0.3) is 0 Å². The molecule has 0 saturated carbocycles. The summed E-state index contributed by atoms with van der Waals surface area (Å²) in [4.78, 5) is 12.6. The molecule has 15 heavy (non-hydrogen) atoms. The predicted molar refractivity (Wildman–Crippen MR) is 66.6 cm³/mol. The summed E-state index contributed by atoms with van der Waals surface area (Å²) in [6.45, 7) is 7.48. The number of carbonyl (C=O) groups excluding carboxylic acids is 1. The van der Waals surface area contributed by atoms with E-state index in [4.69, 9.17) is 4.74 Å². The minimum Gasteiger partial charge on any atom is -0.444 e. The van der Waals surface area contributed by atoms with Crippen molar-refractivity contribution in [1.82, 2.24) is 0 Å². The topological polar surface area (TPSA) is 38.3 Å². The molecule has 0 atom stereocenters. The lowest BCUT2D eigenvalue weighted by Gasteiger charge is -2.19. The molecule has 1 heterocycles. The fourth-order valence-corrected chi connectivity index (χ4v) is 2.64. The molecular weight excluding hydrogens is 278 g/mol. The van der Waals surface area contributed by atoms with Crippen LogP contribution in [0.3, 0.4) is 0 Å². The molecule has 5 heteroatoms. The number of ether oxygens (including phenoxy) is 1. The van der Waals surface area contributed by atoms with Gasteiger partial charge < -0.3 is 4.74 Å². The largest absolute Gasteiger partial charge is 0.444 e. The van der Waals surface area contributed by atoms with Crippen LogP contribution in [0.2, 0.25) is 0 Å². The number of halogens is 1. The maximum Gasteiger partial charge on any atom is 0.412 e. The molecule has 1 N–H and O–H groups in total. The van der Waals surface area contributed by atoms with E-state index in [0.29, 0.717) is 0 Å². The highest BCUT2D eigenvalue weighted by molar-refractivity contribution is 9.11. The van der Waals surface area contributed by atoms with Crippen LogP contribution in [-0.4, -0.2) is 11.7 Å². The number of nitrogens with one attached hydrogen (secondary N) is 1. The van der Waals surface area contributed by atoms with E-state index < -0.39 is 11.7 Å². The van der Waals surface area contributed by atoms with E-state index in [1.165, 1.54) is 0 Å². The Morgan fingerprint density at radius 3 is 2.53 bits per heavy atom. The molecule has 0 aliphatic rings. The Morgan fingerprint density at radius 2 is 2.13 bits per heavy atom. The van der Waals surface area contributed by atoms with Gasteiger partial charge in [-0.1, -0.05) is 0 Å². The van der Waals surface area contributed by atoms with Crippen molar-refractivity contribution in [2.24, 2.45) is 0 Å². The molecule has 0 saturated heterocycles. The van der Waals surface area contributed by atoms with Crippen molar-refractivity contribution in [2.75, 3.05) is 5.32 Å². The van der Waals surface area contributed by atoms with Gasteiger partial charge in [-0.25, -0.2) is 4.79 Å². The van der Waals surface area contributed by atoms with Gasteiger partial charge in [-0.05, 0) is 49.7 Å². The summed E-state index contributed by atoms with van der Waals surface area (Å²) in [5.74, 6) is 0. The summed E-state index contributed by atoms with van der Waals surface area (Å²) in [6.07, 6.45) is -0.430. The molecule has 0 unspecified atom stereocenters. The van der Waals surface area contributed by atoms with Crippen LogP contribution in [0.1, 0.15) is 25.6 Å². The number of amides is 1. The summed E-state index contributed by atoms with van der Waals surface area (Å²) >= 11 is 4.95. The first kappa shape index (κ1) is 12.5. The first-order chi connectivity index (χ1) is 6.78. The van der Waals surface area contributed by atoms with Gasteiger partial charge >= 0.3 is 6.09 Å². The molecule has 1 aromatic heterocycles. The second kappa shape index (κ2) is 4.53. The third kappa shape index (κ3) is 4.22. The van der Waals surface area contributed by atoms with Gasteiger partial charge in [0.2, 0.25) is 0 Å². The van der Waals surface area contributed by atoms with E-state index in [2.05, 4.69) is 21.2 Å². The van der Waals surface area contributed by atoms with Gasteiger partial charge in [0.1, 0.15) is 5.60 Å². The minimum atomic E-state index is -0.471. The summed E-state index contributed by atoms with van der Waals surface area (Å²) in [5, 5.41) is 2.69. The van der Waals surface area contributed by atoms with Gasteiger partial charge in [-0.3, -0.25) is 5.32 Å². The van der Waals surface area contributed by atoms with Crippen LogP contribution in [0.4, 0.5) is 10.5 Å². The van der Waals surface area contributed by atoms with Crippen LogP contribution in [0.25, 0.3) is 0 Å². The number of carbonyl (C=O) groups is 1. The molecule has 1 amide bonds. The quantitative estimate of drug-likeness (QED) is 0.843. The van der Waals surface area contributed by atoms with E-state index in [1.807, 2.05) is 33.8 Å². The first-order valence-corrected chi connectivity index (χ1v) is 6.15. The molecule has 0 spiro atoms. The van der Waals surface area contributed by atoms with Gasteiger partial charge in [-0.2, -0.15) is 0 Å². The lowest BCUT2D eigenvalue weighted by Crippen LogP contribution is -2.27. The molecule has 1 aromatic rings. The number of thiophene rings is 1. The maximum absolute atomic E-state index is 11.4. The zero-order valence-electron chi connectivity index (χ0n) is 9.18. The Balaban J connectivity index is 2.63. The number of aryl methyl sites for hydroxylation is 1. The highest BCUT2D eigenvalue weighted by Gasteiger charge is 2.17. The monoisotopic (exact) mass is 291 g/mol. The van der Waals surface area contributed by atoms with Crippen LogP contribution in [-0.2, 0) is 4.74 Å². The molecule has 0 radical (unpaired) electrons. The molecule has 0 aliphatic heterocycles. The molecule has 1 rings (SSSR count). The molecule has 0 aliphatic carbocycles. The summed E-state index contributed by atoms with van der Waals surface area (Å²) < 4.78 is 6.05. The summed E-state index contributed by atoms with van der Waals surface area (Å²) in [7, 11) is 0. The van der Waals surface area contributed by atoms with Crippen molar-refractivity contribution >= 4 is 39.0 Å². The van der Waals surface area contributed by atoms with Crippen molar-refractivity contribution in [3.63, 3.8) is 0 Å². The van der Waals surface area contributed by atoms with Crippen LogP contribution in [0.5, 0.6) is 0 Å². The van der Waals surface area contributed by atoms with E-state index in [-0.39, 0.29) is 0 Å². The zero-order chi connectivity index (χ0) is 11.6. The average Bonchev–Trinajstić information content (AvgIpc) is 2.25. The van der Waals surface area contributed by atoms with Crippen molar-refractivity contribution in [1.29, 1.82) is 0 Å². The summed E-state index contributed by atoms with van der Waals surface area (Å²) in [5.41, 5.74) is 0.286. The Hall–Kier alpha value is -0.550. The second-order valence-electron chi connectivity index (χ2n) is 4.17.